The van der Waals surface area contributed by atoms with Gasteiger partial charge in [-0.1, -0.05) is 6.07 Å². The lowest BCUT2D eigenvalue weighted by atomic mass is 10.1. The molecule has 2 heterocycles. The van der Waals surface area contributed by atoms with Crippen LogP contribution in [0.2, 0.25) is 0 Å². The lowest BCUT2D eigenvalue weighted by Gasteiger charge is -2.30. The van der Waals surface area contributed by atoms with Crippen molar-refractivity contribution < 1.29 is 4.79 Å². The summed E-state index contributed by atoms with van der Waals surface area (Å²) in [4.78, 5) is 17.2. The van der Waals surface area contributed by atoms with Crippen LogP contribution in [0.5, 0.6) is 0 Å². The minimum Gasteiger partial charge on any atom is -0.366 e. The number of aromatic nitrogens is 1. The molecule has 15 heavy (non-hydrogen) atoms. The number of likely N-dealkylation sites (N-methyl/N-ethyl adjacent to an activating group) is 1. The topological polar surface area (TPSA) is 45.2 Å². The number of carbonyl (C=O) groups is 1. The van der Waals surface area contributed by atoms with E-state index in [0.29, 0.717) is 12.5 Å². The Hall–Kier alpha value is -1.58. The summed E-state index contributed by atoms with van der Waals surface area (Å²) in [6.07, 6.45) is 3.28. The fraction of sp³-hybridized carbons (Fsp3) is 0.455. The van der Waals surface area contributed by atoms with Crippen LogP contribution in [-0.4, -0.2) is 35.4 Å². The third kappa shape index (κ3) is 2.46. The molecule has 1 aliphatic rings. The van der Waals surface area contributed by atoms with E-state index in [9.17, 15) is 4.79 Å². The Kier molecular flexibility index (Phi) is 2.85. The van der Waals surface area contributed by atoms with E-state index in [2.05, 4.69) is 10.3 Å². The Balaban J connectivity index is 1.94. The van der Waals surface area contributed by atoms with Gasteiger partial charge in [0.2, 0.25) is 5.91 Å². The first-order chi connectivity index (χ1) is 7.25. The molecule has 80 valence electrons. The van der Waals surface area contributed by atoms with Gasteiger partial charge in [-0.2, -0.15) is 0 Å². The van der Waals surface area contributed by atoms with Gasteiger partial charge in [-0.3, -0.25) is 4.79 Å². The number of pyridine rings is 1. The van der Waals surface area contributed by atoms with Crippen molar-refractivity contribution in [2.75, 3.05) is 18.9 Å². The zero-order chi connectivity index (χ0) is 10.7. The maximum Gasteiger partial charge on any atom is 0.222 e. The third-order valence-electron chi connectivity index (χ3n) is 2.64. The molecule has 0 radical (unpaired) electrons. The number of likely N-dealkylation sites (tertiary alicyclic amines) is 1. The van der Waals surface area contributed by atoms with Gasteiger partial charge in [0.25, 0.3) is 0 Å². The number of rotatable bonds is 2. The summed E-state index contributed by atoms with van der Waals surface area (Å²) in [5.41, 5.74) is 0. The lowest BCUT2D eigenvalue weighted by Crippen LogP contribution is -2.43. The summed E-state index contributed by atoms with van der Waals surface area (Å²) in [5.74, 6) is 1.11. The second-order valence-electron chi connectivity index (χ2n) is 3.87. The fourth-order valence-corrected chi connectivity index (χ4v) is 1.79. The maximum absolute atomic E-state index is 11.3. The quantitative estimate of drug-likeness (QED) is 0.786. The molecule has 1 aliphatic heterocycles. The molecule has 4 nitrogen and oxygen atoms in total. The van der Waals surface area contributed by atoms with Crippen molar-refractivity contribution in [1.29, 1.82) is 0 Å². The van der Waals surface area contributed by atoms with Crippen LogP contribution in [0, 0.1) is 0 Å². The van der Waals surface area contributed by atoms with E-state index >= 15 is 0 Å². The Bertz CT molecular complexity index is 339. The van der Waals surface area contributed by atoms with Crippen molar-refractivity contribution in [3.63, 3.8) is 0 Å². The van der Waals surface area contributed by atoms with Crippen molar-refractivity contribution in [3.8, 4) is 0 Å². The molecule has 0 aliphatic carbocycles. The van der Waals surface area contributed by atoms with E-state index in [0.717, 1.165) is 18.8 Å². The number of amides is 1. The maximum atomic E-state index is 11.3. The molecular formula is C11H15N3O. The highest BCUT2D eigenvalue weighted by molar-refractivity contribution is 5.76. The van der Waals surface area contributed by atoms with Gasteiger partial charge in [-0.15, -0.1) is 0 Å². The van der Waals surface area contributed by atoms with Crippen LogP contribution in [0.25, 0.3) is 0 Å². The molecule has 1 aromatic rings. The normalized spacial score (nSPS) is 21.5. The Morgan fingerprint density at radius 1 is 1.53 bits per heavy atom. The summed E-state index contributed by atoms with van der Waals surface area (Å²) < 4.78 is 0. The van der Waals surface area contributed by atoms with Crippen LogP contribution >= 0.6 is 0 Å². The summed E-state index contributed by atoms with van der Waals surface area (Å²) in [6, 6.07) is 6.10. The molecule has 1 aromatic heterocycles. The molecule has 1 saturated heterocycles. The first-order valence-corrected chi connectivity index (χ1v) is 5.17. The minimum absolute atomic E-state index is 0.231. The number of piperidine rings is 1. The largest absolute Gasteiger partial charge is 0.366 e. The summed E-state index contributed by atoms with van der Waals surface area (Å²) in [5, 5.41) is 3.33. The smallest absolute Gasteiger partial charge is 0.222 e. The number of hydrogen-bond donors (Lipinski definition) is 1. The molecule has 4 heteroatoms. The van der Waals surface area contributed by atoms with Gasteiger partial charge < -0.3 is 10.2 Å². The molecule has 1 N–H and O–H groups in total. The Morgan fingerprint density at radius 2 is 2.40 bits per heavy atom. The predicted molar refractivity (Wildman–Crippen MR) is 58.5 cm³/mol. The molecule has 1 amide bonds. The van der Waals surface area contributed by atoms with E-state index in [1.165, 1.54) is 0 Å². The van der Waals surface area contributed by atoms with Crippen LogP contribution in [0.4, 0.5) is 5.82 Å². The molecule has 1 unspecified atom stereocenters. The van der Waals surface area contributed by atoms with E-state index in [4.69, 9.17) is 0 Å². The molecule has 1 fully saturated rings. The minimum atomic E-state index is 0.231. The molecular weight excluding hydrogens is 190 g/mol. The van der Waals surface area contributed by atoms with Crippen molar-refractivity contribution in [1.82, 2.24) is 9.88 Å². The monoisotopic (exact) mass is 205 g/mol. The summed E-state index contributed by atoms with van der Waals surface area (Å²) in [6.45, 7) is 0.759. The van der Waals surface area contributed by atoms with E-state index in [-0.39, 0.29) is 5.91 Å². The highest BCUT2D eigenvalue weighted by Crippen LogP contribution is 2.13. The lowest BCUT2D eigenvalue weighted by molar-refractivity contribution is -0.132. The van der Waals surface area contributed by atoms with Gasteiger partial charge in [0.05, 0.1) is 0 Å². The highest BCUT2D eigenvalue weighted by atomic mass is 16.2. The fourth-order valence-electron chi connectivity index (χ4n) is 1.79. The SMILES string of the molecule is CN1CC(Nc2ccccn2)CCC1=O. The van der Waals surface area contributed by atoms with Gasteiger partial charge in [-0.25, -0.2) is 4.98 Å². The van der Waals surface area contributed by atoms with Gasteiger partial charge >= 0.3 is 0 Å². The predicted octanol–water partition coefficient (Wildman–Crippen LogP) is 1.11. The van der Waals surface area contributed by atoms with Gasteiger partial charge in [0.1, 0.15) is 5.82 Å². The van der Waals surface area contributed by atoms with Crippen molar-refractivity contribution in [3.05, 3.63) is 24.4 Å². The number of nitrogens with zero attached hydrogens (tertiary/aromatic N) is 2. The van der Waals surface area contributed by atoms with Crippen LogP contribution in [0.3, 0.4) is 0 Å². The van der Waals surface area contributed by atoms with Gasteiger partial charge in [0, 0.05) is 32.3 Å². The van der Waals surface area contributed by atoms with Gasteiger partial charge in [0.15, 0.2) is 0 Å². The van der Waals surface area contributed by atoms with Crippen LogP contribution in [-0.2, 0) is 4.79 Å². The third-order valence-corrected chi connectivity index (χ3v) is 2.64. The second-order valence-corrected chi connectivity index (χ2v) is 3.87. The Labute approximate surface area is 89.3 Å². The highest BCUT2D eigenvalue weighted by Gasteiger charge is 2.22. The number of nitrogens with one attached hydrogen (secondary N) is 1. The van der Waals surface area contributed by atoms with Crippen molar-refractivity contribution in [2.24, 2.45) is 0 Å². The van der Waals surface area contributed by atoms with Gasteiger partial charge in [-0.05, 0) is 18.6 Å². The number of carbonyl (C=O) groups excluding carboxylic acids is 1. The average Bonchev–Trinajstić information content (AvgIpc) is 2.25. The molecule has 2 rings (SSSR count). The van der Waals surface area contributed by atoms with E-state index in [1.807, 2.05) is 25.2 Å². The molecule has 0 spiro atoms. The van der Waals surface area contributed by atoms with Crippen molar-refractivity contribution in [2.45, 2.75) is 18.9 Å². The first kappa shape index (κ1) is 9.96. The molecule has 0 saturated carbocycles. The summed E-state index contributed by atoms with van der Waals surface area (Å²) in [7, 11) is 1.84. The van der Waals surface area contributed by atoms with Crippen LogP contribution in [0.1, 0.15) is 12.8 Å². The zero-order valence-corrected chi connectivity index (χ0v) is 8.81. The average molecular weight is 205 g/mol. The number of anilines is 1. The first-order valence-electron chi connectivity index (χ1n) is 5.17. The zero-order valence-electron chi connectivity index (χ0n) is 8.81. The molecule has 0 bridgehead atoms. The second kappa shape index (κ2) is 4.29. The molecule has 1 atom stereocenters. The van der Waals surface area contributed by atoms with Crippen LogP contribution in [0.15, 0.2) is 24.4 Å². The summed E-state index contributed by atoms with van der Waals surface area (Å²) >= 11 is 0. The standard InChI is InChI=1S/C11H15N3O/c1-14-8-9(5-6-11(14)15)13-10-4-2-3-7-12-10/h2-4,7,9H,5-6,8H2,1H3,(H,12,13). The molecule has 0 aromatic carbocycles. The van der Waals surface area contributed by atoms with E-state index in [1.54, 1.807) is 11.1 Å². The van der Waals surface area contributed by atoms with Crippen LogP contribution < -0.4 is 5.32 Å². The number of hydrogen-bond acceptors (Lipinski definition) is 3. The van der Waals surface area contributed by atoms with E-state index < -0.39 is 0 Å². The van der Waals surface area contributed by atoms with Crippen molar-refractivity contribution >= 4 is 11.7 Å². The Morgan fingerprint density at radius 3 is 3.07 bits per heavy atom.